The zero-order valence-corrected chi connectivity index (χ0v) is 15.7. The van der Waals surface area contributed by atoms with Crippen molar-refractivity contribution in [3.8, 4) is 0 Å². The molecule has 2 heterocycles. The number of nitrogens with one attached hydrogen (secondary N) is 1. The van der Waals surface area contributed by atoms with Crippen molar-refractivity contribution in [1.29, 1.82) is 0 Å². The van der Waals surface area contributed by atoms with E-state index >= 15 is 0 Å². The van der Waals surface area contributed by atoms with E-state index in [1.165, 1.54) is 10.8 Å². The zero-order chi connectivity index (χ0) is 19.0. The molecule has 0 bridgehead atoms. The lowest BCUT2D eigenvalue weighted by molar-refractivity contribution is 0.102. The molecule has 4 aromatic rings. The average molecular weight is 380 g/mol. The van der Waals surface area contributed by atoms with Crippen molar-refractivity contribution in [2.75, 3.05) is 5.32 Å². The van der Waals surface area contributed by atoms with Gasteiger partial charge in [0.25, 0.3) is 5.91 Å². The third-order valence-corrected chi connectivity index (χ3v) is 5.03. The number of nitrogens with zero attached hydrogens (tertiary/aromatic N) is 4. The summed E-state index contributed by atoms with van der Waals surface area (Å²) in [6.45, 7) is 2.43. The first-order valence-corrected chi connectivity index (χ1v) is 8.90. The number of hydrogen-bond acceptors (Lipinski definition) is 3. The molecular formula is C20H18ClN5O. The summed E-state index contributed by atoms with van der Waals surface area (Å²) in [7, 11) is 1.75. The maximum Gasteiger partial charge on any atom is 0.277 e. The maximum atomic E-state index is 12.4. The lowest BCUT2D eigenvalue weighted by atomic mass is 10.0. The number of halogens is 1. The Bertz CT molecular complexity index is 1140. The van der Waals surface area contributed by atoms with E-state index in [-0.39, 0.29) is 11.6 Å². The first-order valence-electron chi connectivity index (χ1n) is 8.52. The Hall–Kier alpha value is -3.12. The molecule has 0 atom stereocenters. The topological polar surface area (TPSA) is 64.7 Å². The molecule has 7 heteroatoms. The van der Waals surface area contributed by atoms with Crippen LogP contribution >= 0.6 is 11.6 Å². The quantitative estimate of drug-likeness (QED) is 0.582. The monoisotopic (exact) mass is 379 g/mol. The fraction of sp³-hybridized carbons (Fsp3) is 0.150. The molecule has 136 valence electrons. The molecule has 1 amide bonds. The van der Waals surface area contributed by atoms with Gasteiger partial charge in [-0.1, -0.05) is 54.1 Å². The van der Waals surface area contributed by atoms with Gasteiger partial charge in [0.2, 0.25) is 0 Å². The van der Waals surface area contributed by atoms with Gasteiger partial charge in [0.15, 0.2) is 5.69 Å². The van der Waals surface area contributed by atoms with Gasteiger partial charge in [-0.2, -0.15) is 10.2 Å². The normalized spacial score (nSPS) is 11.1. The van der Waals surface area contributed by atoms with Crippen LogP contribution in [-0.4, -0.2) is 25.5 Å². The lowest BCUT2D eigenvalue weighted by Crippen LogP contribution is -2.13. The number of aryl methyl sites for hydroxylation is 1. The fourth-order valence-electron chi connectivity index (χ4n) is 3.04. The molecule has 4 rings (SSSR count). The predicted octanol–water partition coefficient (Wildman–Crippen LogP) is 4.03. The van der Waals surface area contributed by atoms with E-state index < -0.39 is 0 Å². The van der Waals surface area contributed by atoms with E-state index in [9.17, 15) is 4.79 Å². The van der Waals surface area contributed by atoms with E-state index in [0.717, 1.165) is 11.3 Å². The molecule has 6 nitrogen and oxygen atoms in total. The first-order chi connectivity index (χ1) is 13.0. The second-order valence-corrected chi connectivity index (χ2v) is 6.77. The highest BCUT2D eigenvalue weighted by molar-refractivity contribution is 6.34. The first kappa shape index (κ1) is 17.3. The van der Waals surface area contributed by atoms with Gasteiger partial charge < -0.3 is 5.32 Å². The summed E-state index contributed by atoms with van der Waals surface area (Å²) in [6.07, 6.45) is 3.41. The summed E-state index contributed by atoms with van der Waals surface area (Å²) in [5.41, 5.74) is 2.71. The SMILES string of the molecule is Cc1c(Cl)c(C(=O)Nc2cnn(Cc3cccc4ccccc34)c2)nn1C. The van der Waals surface area contributed by atoms with Gasteiger partial charge >= 0.3 is 0 Å². The largest absolute Gasteiger partial charge is 0.318 e. The van der Waals surface area contributed by atoms with Gasteiger partial charge in [-0.05, 0) is 23.3 Å². The summed E-state index contributed by atoms with van der Waals surface area (Å²) in [5.74, 6) is -0.353. The van der Waals surface area contributed by atoms with Gasteiger partial charge in [0, 0.05) is 13.2 Å². The van der Waals surface area contributed by atoms with Crippen molar-refractivity contribution in [2.24, 2.45) is 7.05 Å². The molecular weight excluding hydrogens is 362 g/mol. The zero-order valence-electron chi connectivity index (χ0n) is 15.0. The molecule has 0 fully saturated rings. The van der Waals surface area contributed by atoms with Gasteiger partial charge in [-0.15, -0.1) is 0 Å². The Morgan fingerprint density at radius 1 is 1.19 bits per heavy atom. The van der Waals surface area contributed by atoms with Crippen LogP contribution in [0.25, 0.3) is 10.8 Å². The molecule has 27 heavy (non-hydrogen) atoms. The van der Waals surface area contributed by atoms with E-state index in [2.05, 4.69) is 39.8 Å². The molecule has 0 saturated carbocycles. The molecule has 0 unspecified atom stereocenters. The summed E-state index contributed by atoms with van der Waals surface area (Å²) in [5, 5.41) is 14.1. The predicted molar refractivity (Wildman–Crippen MR) is 106 cm³/mol. The molecule has 0 saturated heterocycles. The van der Waals surface area contributed by atoms with E-state index in [1.54, 1.807) is 28.8 Å². The van der Waals surface area contributed by atoms with E-state index in [4.69, 9.17) is 11.6 Å². The van der Waals surface area contributed by atoms with E-state index in [1.807, 2.05) is 25.1 Å². The number of hydrogen-bond donors (Lipinski definition) is 1. The minimum atomic E-state index is -0.353. The van der Waals surface area contributed by atoms with Gasteiger partial charge in [0.1, 0.15) is 0 Å². The second kappa shape index (κ2) is 6.89. The number of aromatic nitrogens is 4. The highest BCUT2D eigenvalue weighted by Gasteiger charge is 2.18. The summed E-state index contributed by atoms with van der Waals surface area (Å²) in [6, 6.07) is 14.5. The highest BCUT2D eigenvalue weighted by Crippen LogP contribution is 2.22. The number of benzene rings is 2. The van der Waals surface area contributed by atoms with Gasteiger partial charge in [-0.25, -0.2) is 0 Å². The summed E-state index contributed by atoms with van der Waals surface area (Å²) < 4.78 is 3.38. The van der Waals surface area contributed by atoms with Crippen molar-refractivity contribution in [3.05, 3.63) is 76.8 Å². The molecule has 0 spiro atoms. The Morgan fingerprint density at radius 2 is 1.96 bits per heavy atom. The standard InChI is InChI=1S/C20H18ClN5O/c1-13-18(21)19(24-25(13)2)20(27)23-16-10-22-26(12-16)11-15-8-5-7-14-6-3-4-9-17(14)15/h3-10,12H,11H2,1-2H3,(H,23,27). The van der Waals surface area contributed by atoms with Crippen molar-refractivity contribution in [1.82, 2.24) is 19.6 Å². The Balaban J connectivity index is 1.53. The second-order valence-electron chi connectivity index (χ2n) is 6.39. The molecule has 0 aliphatic rings. The molecule has 0 aliphatic heterocycles. The molecule has 2 aromatic heterocycles. The number of fused-ring (bicyclic) bond motifs is 1. The van der Waals surface area contributed by atoms with Gasteiger partial charge in [-0.3, -0.25) is 14.2 Å². The van der Waals surface area contributed by atoms with Crippen LogP contribution in [0.5, 0.6) is 0 Å². The number of carbonyl (C=O) groups is 1. The van der Waals surface area contributed by atoms with Crippen LogP contribution in [0.4, 0.5) is 5.69 Å². The van der Waals surface area contributed by atoms with Crippen molar-refractivity contribution >= 4 is 34.0 Å². The number of carbonyl (C=O) groups excluding carboxylic acids is 1. The van der Waals surface area contributed by atoms with Crippen LogP contribution in [-0.2, 0) is 13.6 Å². The molecule has 0 radical (unpaired) electrons. The smallest absolute Gasteiger partial charge is 0.277 e. The van der Waals surface area contributed by atoms with Crippen LogP contribution in [0.1, 0.15) is 21.7 Å². The third kappa shape index (κ3) is 3.31. The Kier molecular flexibility index (Phi) is 4.41. The molecule has 0 aliphatic carbocycles. The van der Waals surface area contributed by atoms with Crippen molar-refractivity contribution < 1.29 is 4.79 Å². The number of anilines is 1. The van der Waals surface area contributed by atoms with Crippen LogP contribution in [0.3, 0.4) is 0 Å². The van der Waals surface area contributed by atoms with Crippen LogP contribution in [0.2, 0.25) is 5.02 Å². The highest BCUT2D eigenvalue weighted by atomic mass is 35.5. The lowest BCUT2D eigenvalue weighted by Gasteiger charge is -2.06. The third-order valence-electron chi connectivity index (χ3n) is 4.58. The fourth-order valence-corrected chi connectivity index (χ4v) is 3.28. The molecule has 1 N–H and O–H groups in total. The number of rotatable bonds is 4. The van der Waals surface area contributed by atoms with Gasteiger partial charge in [0.05, 0.1) is 29.1 Å². The van der Waals surface area contributed by atoms with E-state index in [0.29, 0.717) is 17.3 Å². The van der Waals surface area contributed by atoms with Crippen molar-refractivity contribution in [3.63, 3.8) is 0 Å². The maximum absolute atomic E-state index is 12.4. The Morgan fingerprint density at radius 3 is 2.74 bits per heavy atom. The Labute approximate surface area is 161 Å². The van der Waals surface area contributed by atoms with Crippen LogP contribution < -0.4 is 5.32 Å². The molecule has 2 aromatic carbocycles. The minimum Gasteiger partial charge on any atom is -0.318 e. The van der Waals surface area contributed by atoms with Crippen molar-refractivity contribution in [2.45, 2.75) is 13.5 Å². The summed E-state index contributed by atoms with van der Waals surface area (Å²) in [4.78, 5) is 12.4. The van der Waals surface area contributed by atoms with Crippen LogP contribution in [0.15, 0.2) is 54.9 Å². The summed E-state index contributed by atoms with van der Waals surface area (Å²) >= 11 is 6.18. The van der Waals surface area contributed by atoms with Crippen LogP contribution in [0, 0.1) is 6.92 Å². The average Bonchev–Trinajstić information content (AvgIpc) is 3.21. The minimum absolute atomic E-state index is 0.207. The number of amides is 1.